The van der Waals surface area contributed by atoms with E-state index < -0.39 is 0 Å². The molecule has 1 heterocycles. The second-order valence-electron chi connectivity index (χ2n) is 3.12. The Morgan fingerprint density at radius 2 is 2.36 bits per heavy atom. The lowest BCUT2D eigenvalue weighted by Crippen LogP contribution is -2.13. The first kappa shape index (κ1) is 8.90. The maximum absolute atomic E-state index is 11.2. The van der Waals surface area contributed by atoms with Crippen LogP contribution in [-0.2, 0) is 0 Å². The molecule has 4 heteroatoms. The molecule has 0 amide bonds. The molecule has 0 radical (unpaired) electrons. The Kier molecular flexibility index (Phi) is 2.05. The lowest BCUT2D eigenvalue weighted by molar-refractivity contribution is 0.0970. The third-order valence-electron chi connectivity index (χ3n) is 1.97. The number of hydrogen-bond donors (Lipinski definition) is 1. The molecule has 0 saturated carbocycles. The zero-order valence-corrected chi connectivity index (χ0v) is 7.78. The molecule has 72 valence electrons. The van der Waals surface area contributed by atoms with Gasteiger partial charge in [0.25, 0.3) is 5.89 Å². The highest BCUT2D eigenvalue weighted by atomic mass is 16.4. The summed E-state index contributed by atoms with van der Waals surface area (Å²) in [6, 6.07) is 5.58. The SMILES string of the molecule is Cc1ccc2nc(C(=O)CN)oc2c1. The molecule has 0 unspecified atom stereocenters. The van der Waals surface area contributed by atoms with Crippen molar-refractivity contribution in [2.75, 3.05) is 6.54 Å². The number of aromatic nitrogens is 1. The van der Waals surface area contributed by atoms with Gasteiger partial charge in [-0.3, -0.25) is 4.79 Å². The number of aryl methyl sites for hydroxylation is 1. The van der Waals surface area contributed by atoms with E-state index in [1.54, 1.807) is 0 Å². The van der Waals surface area contributed by atoms with E-state index in [-0.39, 0.29) is 18.2 Å². The molecular weight excluding hydrogens is 180 g/mol. The number of nitrogens with two attached hydrogens (primary N) is 1. The monoisotopic (exact) mass is 190 g/mol. The van der Waals surface area contributed by atoms with Crippen LogP contribution in [0.4, 0.5) is 0 Å². The zero-order valence-electron chi connectivity index (χ0n) is 7.78. The van der Waals surface area contributed by atoms with Gasteiger partial charge in [0.1, 0.15) is 5.52 Å². The molecule has 1 aromatic carbocycles. The predicted octanol–water partition coefficient (Wildman–Crippen LogP) is 1.28. The highest BCUT2D eigenvalue weighted by Crippen LogP contribution is 2.16. The largest absolute Gasteiger partial charge is 0.434 e. The average Bonchev–Trinajstić information content (AvgIpc) is 2.59. The van der Waals surface area contributed by atoms with Crippen LogP contribution in [0, 0.1) is 6.92 Å². The van der Waals surface area contributed by atoms with Crippen LogP contribution < -0.4 is 5.73 Å². The minimum atomic E-state index is -0.279. The van der Waals surface area contributed by atoms with Gasteiger partial charge in [-0.15, -0.1) is 0 Å². The summed E-state index contributed by atoms with van der Waals surface area (Å²) in [7, 11) is 0. The van der Waals surface area contributed by atoms with Crippen LogP contribution in [0.2, 0.25) is 0 Å². The molecule has 0 fully saturated rings. The van der Waals surface area contributed by atoms with E-state index in [0.717, 1.165) is 5.56 Å². The molecule has 1 aromatic heterocycles. The summed E-state index contributed by atoms with van der Waals surface area (Å²) in [5.74, 6) is -0.188. The van der Waals surface area contributed by atoms with E-state index in [2.05, 4.69) is 4.98 Å². The molecule has 0 aliphatic rings. The fourth-order valence-corrected chi connectivity index (χ4v) is 1.24. The Morgan fingerprint density at radius 3 is 3.07 bits per heavy atom. The van der Waals surface area contributed by atoms with Gasteiger partial charge in [-0.25, -0.2) is 4.98 Å². The van der Waals surface area contributed by atoms with Crippen LogP contribution in [0.1, 0.15) is 16.2 Å². The molecule has 0 aliphatic heterocycles. The third-order valence-corrected chi connectivity index (χ3v) is 1.97. The summed E-state index contributed by atoms with van der Waals surface area (Å²) in [5, 5.41) is 0. The minimum Gasteiger partial charge on any atom is -0.434 e. The van der Waals surface area contributed by atoms with Crippen molar-refractivity contribution < 1.29 is 9.21 Å². The fraction of sp³-hybridized carbons (Fsp3) is 0.200. The molecule has 0 aliphatic carbocycles. The van der Waals surface area contributed by atoms with E-state index >= 15 is 0 Å². The number of carbonyl (C=O) groups excluding carboxylic acids is 1. The normalized spacial score (nSPS) is 10.7. The number of hydrogen-bond acceptors (Lipinski definition) is 4. The van der Waals surface area contributed by atoms with Crippen molar-refractivity contribution >= 4 is 16.9 Å². The summed E-state index contributed by atoms with van der Waals surface area (Å²) in [6.07, 6.45) is 0. The maximum atomic E-state index is 11.2. The van der Waals surface area contributed by atoms with Gasteiger partial charge in [0, 0.05) is 0 Å². The van der Waals surface area contributed by atoms with Crippen LogP contribution in [0.5, 0.6) is 0 Å². The molecular formula is C10H10N2O2. The van der Waals surface area contributed by atoms with Crippen molar-refractivity contribution in [3.8, 4) is 0 Å². The number of ketones is 1. The number of nitrogens with zero attached hydrogens (tertiary/aromatic N) is 1. The molecule has 14 heavy (non-hydrogen) atoms. The van der Waals surface area contributed by atoms with Crippen LogP contribution in [0.3, 0.4) is 0 Å². The van der Waals surface area contributed by atoms with Crippen LogP contribution in [-0.4, -0.2) is 17.3 Å². The van der Waals surface area contributed by atoms with Crippen molar-refractivity contribution in [1.82, 2.24) is 4.98 Å². The van der Waals surface area contributed by atoms with Crippen molar-refractivity contribution in [2.45, 2.75) is 6.92 Å². The van der Waals surface area contributed by atoms with Gasteiger partial charge < -0.3 is 10.2 Å². The number of oxazole rings is 1. The predicted molar refractivity (Wildman–Crippen MR) is 52.1 cm³/mol. The Hall–Kier alpha value is -1.68. The molecule has 4 nitrogen and oxygen atoms in total. The van der Waals surface area contributed by atoms with E-state index in [9.17, 15) is 4.79 Å². The lowest BCUT2D eigenvalue weighted by atomic mass is 10.2. The summed E-state index contributed by atoms with van der Waals surface area (Å²) >= 11 is 0. The van der Waals surface area contributed by atoms with E-state index in [1.807, 2.05) is 25.1 Å². The van der Waals surface area contributed by atoms with Gasteiger partial charge in [0.15, 0.2) is 5.58 Å². The molecule has 0 atom stereocenters. The molecule has 0 spiro atoms. The quantitative estimate of drug-likeness (QED) is 0.724. The first-order valence-electron chi connectivity index (χ1n) is 4.31. The van der Waals surface area contributed by atoms with Crippen molar-refractivity contribution in [3.63, 3.8) is 0 Å². The summed E-state index contributed by atoms with van der Waals surface area (Å²) in [6.45, 7) is 1.87. The standard InChI is InChI=1S/C10H10N2O2/c1-6-2-3-7-9(4-6)14-10(12-7)8(13)5-11/h2-4H,5,11H2,1H3. The average molecular weight is 190 g/mol. The molecule has 2 N–H and O–H groups in total. The summed E-state index contributed by atoms with van der Waals surface area (Å²) in [5.41, 5.74) is 7.59. The Labute approximate surface area is 80.7 Å². The van der Waals surface area contributed by atoms with Crippen molar-refractivity contribution in [1.29, 1.82) is 0 Å². The summed E-state index contributed by atoms with van der Waals surface area (Å²) in [4.78, 5) is 15.2. The molecule has 0 bridgehead atoms. The van der Waals surface area contributed by atoms with Gasteiger partial charge in [-0.2, -0.15) is 0 Å². The molecule has 0 saturated heterocycles. The first-order valence-corrected chi connectivity index (χ1v) is 4.31. The van der Waals surface area contributed by atoms with Crippen LogP contribution in [0.25, 0.3) is 11.1 Å². The Morgan fingerprint density at radius 1 is 1.57 bits per heavy atom. The highest BCUT2D eigenvalue weighted by molar-refractivity contribution is 5.95. The Bertz CT molecular complexity index is 488. The van der Waals surface area contributed by atoms with Crippen LogP contribution in [0.15, 0.2) is 22.6 Å². The van der Waals surface area contributed by atoms with Gasteiger partial charge in [0.05, 0.1) is 6.54 Å². The van der Waals surface area contributed by atoms with Gasteiger partial charge in [0.2, 0.25) is 5.78 Å². The molecule has 2 rings (SSSR count). The van der Waals surface area contributed by atoms with Gasteiger partial charge in [-0.05, 0) is 24.6 Å². The lowest BCUT2D eigenvalue weighted by Gasteiger charge is -1.88. The molecule has 2 aromatic rings. The maximum Gasteiger partial charge on any atom is 0.265 e. The van der Waals surface area contributed by atoms with Gasteiger partial charge >= 0.3 is 0 Å². The van der Waals surface area contributed by atoms with E-state index in [0.29, 0.717) is 11.1 Å². The second kappa shape index (κ2) is 3.23. The number of fused-ring (bicyclic) bond motifs is 1. The van der Waals surface area contributed by atoms with E-state index in [4.69, 9.17) is 10.2 Å². The highest BCUT2D eigenvalue weighted by Gasteiger charge is 2.11. The fourth-order valence-electron chi connectivity index (χ4n) is 1.24. The van der Waals surface area contributed by atoms with Crippen LogP contribution >= 0.6 is 0 Å². The third kappa shape index (κ3) is 1.40. The number of rotatable bonds is 2. The van der Waals surface area contributed by atoms with Gasteiger partial charge in [-0.1, -0.05) is 6.07 Å². The summed E-state index contributed by atoms with van der Waals surface area (Å²) < 4.78 is 5.26. The van der Waals surface area contributed by atoms with Crippen molar-refractivity contribution in [3.05, 3.63) is 29.7 Å². The topological polar surface area (TPSA) is 69.1 Å². The first-order chi connectivity index (χ1) is 6.70. The Balaban J connectivity index is 2.56. The second-order valence-corrected chi connectivity index (χ2v) is 3.12. The minimum absolute atomic E-state index is 0.0776. The number of Topliss-reactive ketones (excluding diaryl/α,β-unsaturated/α-hetero) is 1. The van der Waals surface area contributed by atoms with Crippen molar-refractivity contribution in [2.24, 2.45) is 5.73 Å². The zero-order chi connectivity index (χ0) is 10.1. The smallest absolute Gasteiger partial charge is 0.265 e. The van der Waals surface area contributed by atoms with E-state index in [1.165, 1.54) is 0 Å². The number of carbonyl (C=O) groups is 1. The number of benzene rings is 1.